The number of thiophene rings is 1. The number of aliphatic hydroxyl groups is 1. The second-order valence-electron chi connectivity index (χ2n) is 4.01. The molecule has 1 unspecified atom stereocenters. The Balaban J connectivity index is 1.90. The highest BCUT2D eigenvalue weighted by Gasteiger charge is 2.13. The summed E-state index contributed by atoms with van der Waals surface area (Å²) in [4.78, 5) is 0. The van der Waals surface area contributed by atoms with Gasteiger partial charge in [-0.15, -0.1) is 0 Å². The Morgan fingerprint density at radius 1 is 1.11 bits per heavy atom. The molecular weight excluding hydrogens is 244 g/mol. The Kier molecular flexibility index (Phi) is 2.96. The van der Waals surface area contributed by atoms with Gasteiger partial charge in [-0.25, -0.2) is 4.68 Å². The van der Waals surface area contributed by atoms with Crippen molar-refractivity contribution in [3.05, 3.63) is 70.7 Å². The fourth-order valence-electron chi connectivity index (χ4n) is 1.82. The van der Waals surface area contributed by atoms with E-state index in [1.807, 2.05) is 53.4 Å². The molecular formula is C14H12N2OS. The number of nitrogens with zero attached hydrogens (tertiary/aromatic N) is 2. The molecule has 0 spiro atoms. The second kappa shape index (κ2) is 4.76. The van der Waals surface area contributed by atoms with E-state index in [2.05, 4.69) is 5.10 Å². The van der Waals surface area contributed by atoms with Crippen LogP contribution in [-0.4, -0.2) is 14.9 Å². The highest BCUT2D eigenvalue weighted by atomic mass is 32.1. The van der Waals surface area contributed by atoms with Crippen LogP contribution in [-0.2, 0) is 0 Å². The largest absolute Gasteiger partial charge is 0.384 e. The van der Waals surface area contributed by atoms with Crippen molar-refractivity contribution in [3.8, 4) is 5.69 Å². The topological polar surface area (TPSA) is 38.1 Å². The van der Waals surface area contributed by atoms with Crippen molar-refractivity contribution in [1.82, 2.24) is 9.78 Å². The van der Waals surface area contributed by atoms with Gasteiger partial charge in [0.15, 0.2) is 0 Å². The highest BCUT2D eigenvalue weighted by Crippen LogP contribution is 2.23. The first-order valence-corrected chi connectivity index (χ1v) is 6.59. The van der Waals surface area contributed by atoms with Crippen molar-refractivity contribution in [2.24, 2.45) is 0 Å². The van der Waals surface area contributed by atoms with Gasteiger partial charge in [0.2, 0.25) is 0 Å². The number of benzene rings is 1. The summed E-state index contributed by atoms with van der Waals surface area (Å²) in [7, 11) is 0. The summed E-state index contributed by atoms with van der Waals surface area (Å²) in [6, 6.07) is 11.8. The number of para-hydroxylation sites is 1. The van der Waals surface area contributed by atoms with Crippen LogP contribution in [0.15, 0.2) is 59.6 Å². The van der Waals surface area contributed by atoms with Crippen LogP contribution in [0.5, 0.6) is 0 Å². The molecule has 0 saturated heterocycles. The molecule has 0 aliphatic carbocycles. The predicted molar refractivity (Wildman–Crippen MR) is 71.9 cm³/mol. The van der Waals surface area contributed by atoms with Crippen molar-refractivity contribution in [1.29, 1.82) is 0 Å². The van der Waals surface area contributed by atoms with E-state index in [-0.39, 0.29) is 0 Å². The summed E-state index contributed by atoms with van der Waals surface area (Å²) in [5, 5.41) is 18.4. The van der Waals surface area contributed by atoms with Crippen LogP contribution in [0.1, 0.15) is 17.2 Å². The Morgan fingerprint density at radius 3 is 2.67 bits per heavy atom. The van der Waals surface area contributed by atoms with E-state index >= 15 is 0 Å². The molecule has 3 nitrogen and oxygen atoms in total. The van der Waals surface area contributed by atoms with Crippen molar-refractivity contribution in [2.45, 2.75) is 6.10 Å². The minimum atomic E-state index is -0.603. The Labute approximate surface area is 109 Å². The Hall–Kier alpha value is -1.91. The second-order valence-corrected chi connectivity index (χ2v) is 4.79. The number of rotatable bonds is 3. The van der Waals surface area contributed by atoms with Crippen LogP contribution in [0.4, 0.5) is 0 Å². The first-order chi connectivity index (χ1) is 8.84. The van der Waals surface area contributed by atoms with Gasteiger partial charge < -0.3 is 5.11 Å². The zero-order valence-electron chi connectivity index (χ0n) is 9.60. The summed E-state index contributed by atoms with van der Waals surface area (Å²) in [5.41, 5.74) is 2.70. The summed E-state index contributed by atoms with van der Waals surface area (Å²) in [5.74, 6) is 0. The first kappa shape index (κ1) is 11.2. The lowest BCUT2D eigenvalue weighted by Gasteiger charge is -2.05. The fourth-order valence-corrected chi connectivity index (χ4v) is 2.50. The summed E-state index contributed by atoms with van der Waals surface area (Å²) >= 11 is 1.58. The van der Waals surface area contributed by atoms with Crippen LogP contribution in [0, 0.1) is 0 Å². The van der Waals surface area contributed by atoms with E-state index in [9.17, 15) is 5.11 Å². The van der Waals surface area contributed by atoms with Gasteiger partial charge in [0.05, 0.1) is 11.9 Å². The van der Waals surface area contributed by atoms with Gasteiger partial charge in [-0.2, -0.15) is 16.4 Å². The molecule has 0 aliphatic heterocycles. The lowest BCUT2D eigenvalue weighted by molar-refractivity contribution is 0.221. The van der Waals surface area contributed by atoms with Crippen LogP contribution < -0.4 is 0 Å². The third-order valence-corrected chi connectivity index (χ3v) is 3.50. The van der Waals surface area contributed by atoms with Gasteiger partial charge in [0, 0.05) is 11.8 Å². The predicted octanol–water partition coefficient (Wildman–Crippen LogP) is 3.02. The molecule has 1 atom stereocenters. The van der Waals surface area contributed by atoms with Crippen LogP contribution in [0.3, 0.4) is 0 Å². The molecule has 0 aliphatic rings. The summed E-state index contributed by atoms with van der Waals surface area (Å²) in [6.07, 6.45) is 2.96. The zero-order chi connectivity index (χ0) is 12.4. The molecule has 4 heteroatoms. The highest BCUT2D eigenvalue weighted by molar-refractivity contribution is 7.07. The number of aliphatic hydroxyl groups excluding tert-OH is 1. The molecule has 0 amide bonds. The van der Waals surface area contributed by atoms with Crippen LogP contribution in [0.2, 0.25) is 0 Å². The van der Waals surface area contributed by atoms with E-state index in [4.69, 9.17) is 0 Å². The zero-order valence-corrected chi connectivity index (χ0v) is 10.4. The normalized spacial score (nSPS) is 12.5. The van der Waals surface area contributed by atoms with Gasteiger partial charge in [-0.05, 0) is 34.5 Å². The van der Waals surface area contributed by atoms with E-state index in [1.54, 1.807) is 22.2 Å². The number of hydrogen-bond acceptors (Lipinski definition) is 3. The van der Waals surface area contributed by atoms with Crippen molar-refractivity contribution in [3.63, 3.8) is 0 Å². The molecule has 18 heavy (non-hydrogen) atoms. The first-order valence-electron chi connectivity index (χ1n) is 5.65. The number of hydrogen-bond donors (Lipinski definition) is 1. The van der Waals surface area contributed by atoms with Crippen molar-refractivity contribution >= 4 is 11.3 Å². The van der Waals surface area contributed by atoms with Crippen LogP contribution >= 0.6 is 11.3 Å². The maximum Gasteiger partial charge on any atom is 0.108 e. The van der Waals surface area contributed by atoms with Gasteiger partial charge in [0.1, 0.15) is 6.10 Å². The molecule has 0 bridgehead atoms. The molecule has 0 radical (unpaired) electrons. The lowest BCUT2D eigenvalue weighted by Crippen LogP contribution is -1.96. The van der Waals surface area contributed by atoms with Gasteiger partial charge in [0.25, 0.3) is 0 Å². The average Bonchev–Trinajstić information content (AvgIpc) is 3.10. The summed E-state index contributed by atoms with van der Waals surface area (Å²) < 4.78 is 1.77. The quantitative estimate of drug-likeness (QED) is 0.782. The maximum absolute atomic E-state index is 10.2. The van der Waals surface area contributed by atoms with E-state index in [0.29, 0.717) is 0 Å². The molecule has 2 heterocycles. The smallest absolute Gasteiger partial charge is 0.108 e. The van der Waals surface area contributed by atoms with Gasteiger partial charge >= 0.3 is 0 Å². The monoisotopic (exact) mass is 256 g/mol. The Morgan fingerprint density at radius 2 is 1.94 bits per heavy atom. The lowest BCUT2D eigenvalue weighted by atomic mass is 10.1. The third kappa shape index (κ3) is 2.08. The minimum absolute atomic E-state index is 0.603. The Bertz CT molecular complexity index is 616. The van der Waals surface area contributed by atoms with Gasteiger partial charge in [-0.3, -0.25) is 0 Å². The van der Waals surface area contributed by atoms with Crippen LogP contribution in [0.25, 0.3) is 5.69 Å². The van der Waals surface area contributed by atoms with Gasteiger partial charge in [-0.1, -0.05) is 18.2 Å². The number of aromatic nitrogens is 2. The third-order valence-electron chi connectivity index (χ3n) is 2.80. The minimum Gasteiger partial charge on any atom is -0.384 e. The molecule has 3 rings (SSSR count). The average molecular weight is 256 g/mol. The fraction of sp³-hybridized carbons (Fsp3) is 0.0714. The SMILES string of the molecule is OC(c1ccsc1)c1cnn(-c2ccccc2)c1. The maximum atomic E-state index is 10.2. The molecule has 0 saturated carbocycles. The van der Waals surface area contributed by atoms with Crippen molar-refractivity contribution < 1.29 is 5.11 Å². The van der Waals surface area contributed by atoms with E-state index in [1.165, 1.54) is 0 Å². The molecule has 1 N–H and O–H groups in total. The molecule has 1 aromatic carbocycles. The molecule has 0 fully saturated rings. The standard InChI is InChI=1S/C14H12N2OS/c17-14(11-6-7-18-10-11)12-8-15-16(9-12)13-4-2-1-3-5-13/h1-10,14,17H. The molecule has 3 aromatic rings. The summed E-state index contributed by atoms with van der Waals surface area (Å²) in [6.45, 7) is 0. The van der Waals surface area contributed by atoms with Crippen molar-refractivity contribution in [2.75, 3.05) is 0 Å². The van der Waals surface area contributed by atoms with E-state index < -0.39 is 6.10 Å². The molecule has 90 valence electrons. The van der Waals surface area contributed by atoms with E-state index in [0.717, 1.165) is 16.8 Å². The molecule has 2 aromatic heterocycles.